The average molecular weight is 842 g/mol. The molecule has 2 aromatic rings. The fourth-order valence-electron chi connectivity index (χ4n) is 8.65. The molecule has 0 N–H and O–H groups in total. The van der Waals surface area contributed by atoms with Crippen molar-refractivity contribution in [3.05, 3.63) is 41.7 Å². The number of hydrogen-bond donors (Lipinski definition) is 0. The number of sulfone groups is 1. The number of ether oxygens (including phenoxy) is 6. The molecule has 2 aromatic carbocycles. The van der Waals surface area contributed by atoms with Gasteiger partial charge in [0.25, 0.3) is 0 Å². The maximum atomic E-state index is 14.0. The van der Waals surface area contributed by atoms with Crippen molar-refractivity contribution in [1.29, 1.82) is 5.26 Å². The molecule has 6 aliphatic rings. The minimum absolute atomic E-state index is 0.0980. The van der Waals surface area contributed by atoms with Crippen LogP contribution in [0.25, 0.3) is 0 Å². The standard InChI is InChI=1S/C21H26FN3O4.C21H30N2O6S/c22-18-10-16(12-23)11-19-20(18)28-14-17(29-19)13-24-6-3-15(4-7-24)2-1-5-25-8-9-27-21(25)26;1-30(25,26)18-4-5-19-20(13-18)29-17(15-28-19)14-22-9-6-16(7-10-22)3-2-8-23-11-12-27-21(23)24/h10-11,15,17H,1-9,13-14H2;4-5,13,16-17H,2-3,6-12,14-15H2,1H3/t2*17-/m00/s1. The number of benzene rings is 2. The van der Waals surface area contributed by atoms with Gasteiger partial charge in [0.2, 0.25) is 0 Å². The highest BCUT2D eigenvalue weighted by Gasteiger charge is 2.30. The number of fused-ring (bicyclic) bond motifs is 2. The van der Waals surface area contributed by atoms with Gasteiger partial charge in [-0.3, -0.25) is 9.80 Å². The molecule has 0 saturated carbocycles. The summed E-state index contributed by atoms with van der Waals surface area (Å²) in [4.78, 5) is 31.5. The minimum Gasteiger partial charge on any atom is -0.486 e. The Morgan fingerprint density at radius 2 is 1.25 bits per heavy atom. The number of carbonyl (C=O) groups is 2. The number of hydrogen-bond acceptors (Lipinski definition) is 13. The van der Waals surface area contributed by atoms with E-state index in [1.165, 1.54) is 18.4 Å². The number of carbonyl (C=O) groups excluding carboxylic acids is 2. The quantitative estimate of drug-likeness (QED) is 0.267. The van der Waals surface area contributed by atoms with Crippen LogP contribution in [0.4, 0.5) is 14.0 Å². The Labute approximate surface area is 346 Å². The summed E-state index contributed by atoms with van der Waals surface area (Å²) in [6.45, 7) is 10.3. The summed E-state index contributed by atoms with van der Waals surface area (Å²) in [6, 6.07) is 9.41. The van der Waals surface area contributed by atoms with Crippen LogP contribution < -0.4 is 18.9 Å². The molecule has 59 heavy (non-hydrogen) atoms. The van der Waals surface area contributed by atoms with Crippen molar-refractivity contribution < 1.29 is 50.8 Å². The van der Waals surface area contributed by atoms with E-state index in [2.05, 4.69) is 9.80 Å². The van der Waals surface area contributed by atoms with Crippen LogP contribution >= 0.6 is 0 Å². The minimum atomic E-state index is -3.28. The Kier molecular flexibility index (Phi) is 14.2. The van der Waals surface area contributed by atoms with Crippen LogP contribution in [0.1, 0.15) is 56.9 Å². The molecule has 0 bridgehead atoms. The lowest BCUT2D eigenvalue weighted by Gasteiger charge is -2.35. The summed E-state index contributed by atoms with van der Waals surface area (Å²) >= 11 is 0. The van der Waals surface area contributed by atoms with Gasteiger partial charge >= 0.3 is 12.2 Å². The molecule has 0 unspecified atom stereocenters. The summed E-state index contributed by atoms with van der Waals surface area (Å²) in [5.41, 5.74) is 0.230. The first-order valence-electron chi connectivity index (χ1n) is 21.0. The lowest BCUT2D eigenvalue weighted by molar-refractivity contribution is 0.0445. The molecule has 0 aromatic heterocycles. The van der Waals surface area contributed by atoms with Crippen molar-refractivity contribution >= 4 is 22.0 Å². The molecule has 4 saturated heterocycles. The molecular formula is C42H56FN5O10S. The fraction of sp³-hybridized carbons (Fsp3) is 0.643. The summed E-state index contributed by atoms with van der Waals surface area (Å²) in [6.07, 6.45) is 9.41. The second-order valence-electron chi connectivity index (χ2n) is 16.4. The number of cyclic esters (lactones) is 2. The van der Waals surface area contributed by atoms with E-state index in [1.54, 1.807) is 28.0 Å². The zero-order valence-electron chi connectivity index (χ0n) is 33.9. The van der Waals surface area contributed by atoms with Gasteiger partial charge < -0.3 is 38.2 Å². The Balaban J connectivity index is 0.000000179. The normalized spacial score (nSPS) is 22.7. The molecule has 2 amide bonds. The van der Waals surface area contributed by atoms with Crippen LogP contribution in [0.2, 0.25) is 0 Å². The van der Waals surface area contributed by atoms with Crippen molar-refractivity contribution in [3.63, 3.8) is 0 Å². The summed E-state index contributed by atoms with van der Waals surface area (Å²) in [5.74, 6) is 2.33. The number of amides is 2. The van der Waals surface area contributed by atoms with Gasteiger partial charge in [-0.15, -0.1) is 0 Å². The number of piperidine rings is 2. The third-order valence-corrected chi connectivity index (χ3v) is 13.1. The Morgan fingerprint density at radius 1 is 0.712 bits per heavy atom. The first-order valence-corrected chi connectivity index (χ1v) is 22.8. The molecule has 0 spiro atoms. The van der Waals surface area contributed by atoms with Gasteiger partial charge in [0.1, 0.15) is 38.6 Å². The van der Waals surface area contributed by atoms with Crippen LogP contribution in [0.15, 0.2) is 35.2 Å². The van der Waals surface area contributed by atoms with E-state index < -0.39 is 15.7 Å². The van der Waals surface area contributed by atoms with Gasteiger partial charge in [-0.1, -0.05) is 0 Å². The molecule has 322 valence electrons. The first-order chi connectivity index (χ1) is 28.5. The first kappa shape index (κ1) is 42.6. The predicted molar refractivity (Wildman–Crippen MR) is 213 cm³/mol. The van der Waals surface area contributed by atoms with Crippen LogP contribution in [-0.4, -0.2) is 151 Å². The van der Waals surface area contributed by atoms with Gasteiger partial charge in [0.05, 0.1) is 29.6 Å². The topological polar surface area (TPSA) is 160 Å². The average Bonchev–Trinajstić information content (AvgIpc) is 3.84. The van der Waals surface area contributed by atoms with Gasteiger partial charge in [-0.05, 0) is 108 Å². The Bertz CT molecular complexity index is 1930. The molecule has 8 rings (SSSR count). The maximum Gasteiger partial charge on any atom is 0.409 e. The van der Waals surface area contributed by atoms with E-state index in [0.717, 1.165) is 110 Å². The van der Waals surface area contributed by atoms with Gasteiger partial charge in [0.15, 0.2) is 38.7 Å². The van der Waals surface area contributed by atoms with E-state index in [-0.39, 0.29) is 40.6 Å². The van der Waals surface area contributed by atoms with E-state index in [4.69, 9.17) is 33.7 Å². The van der Waals surface area contributed by atoms with E-state index in [0.29, 0.717) is 62.1 Å². The van der Waals surface area contributed by atoms with E-state index in [9.17, 15) is 22.4 Å². The van der Waals surface area contributed by atoms with Gasteiger partial charge in [0, 0.05) is 44.6 Å². The molecule has 4 fully saturated rings. The number of nitrogens with zero attached hydrogens (tertiary/aromatic N) is 5. The molecular weight excluding hydrogens is 786 g/mol. The lowest BCUT2D eigenvalue weighted by atomic mass is 9.92. The second-order valence-corrected chi connectivity index (χ2v) is 18.4. The third-order valence-electron chi connectivity index (χ3n) is 12.0. The van der Waals surface area contributed by atoms with Crippen molar-refractivity contribution in [1.82, 2.24) is 19.6 Å². The maximum absolute atomic E-state index is 14.0. The molecule has 6 heterocycles. The largest absolute Gasteiger partial charge is 0.486 e. The van der Waals surface area contributed by atoms with Gasteiger partial charge in [-0.2, -0.15) is 5.26 Å². The summed E-state index contributed by atoms with van der Waals surface area (Å²) in [5, 5.41) is 9.00. The molecule has 15 nitrogen and oxygen atoms in total. The highest BCUT2D eigenvalue weighted by Crippen LogP contribution is 2.37. The smallest absolute Gasteiger partial charge is 0.409 e. The highest BCUT2D eigenvalue weighted by molar-refractivity contribution is 7.90. The SMILES string of the molecule is CS(=O)(=O)c1ccc2c(c1)O[C@@H](CN1CCC(CCCN3CCOC3=O)CC1)CO2.N#Cc1cc(F)c2c(c1)O[C@@H](CN1CCC(CCCN3CCOC3=O)CC1)CO2. The summed E-state index contributed by atoms with van der Waals surface area (Å²) in [7, 11) is -3.28. The molecule has 17 heteroatoms. The number of rotatable bonds is 13. The zero-order valence-corrected chi connectivity index (χ0v) is 34.7. The van der Waals surface area contributed by atoms with E-state index >= 15 is 0 Å². The number of likely N-dealkylation sites (tertiary alicyclic amines) is 2. The molecule has 0 radical (unpaired) electrons. The fourth-order valence-corrected chi connectivity index (χ4v) is 9.28. The van der Waals surface area contributed by atoms with Crippen LogP contribution in [0.5, 0.6) is 23.0 Å². The second kappa shape index (κ2) is 19.7. The van der Waals surface area contributed by atoms with Crippen molar-refractivity contribution in [3.8, 4) is 29.1 Å². The van der Waals surface area contributed by atoms with E-state index in [1.807, 2.05) is 6.07 Å². The van der Waals surface area contributed by atoms with Crippen LogP contribution in [0, 0.1) is 29.0 Å². The van der Waals surface area contributed by atoms with Gasteiger partial charge in [-0.25, -0.2) is 22.4 Å². The zero-order chi connectivity index (χ0) is 41.4. The van der Waals surface area contributed by atoms with Crippen molar-refractivity contribution in [2.24, 2.45) is 11.8 Å². The Morgan fingerprint density at radius 3 is 1.76 bits per heavy atom. The molecule has 6 aliphatic heterocycles. The summed E-state index contributed by atoms with van der Waals surface area (Å²) < 4.78 is 70.8. The van der Waals surface area contributed by atoms with Crippen molar-refractivity contribution in [2.75, 3.05) is 98.1 Å². The van der Waals surface area contributed by atoms with Crippen molar-refractivity contribution in [2.45, 2.75) is 68.5 Å². The predicted octanol–water partition coefficient (Wildman–Crippen LogP) is 4.96. The Hall–Kier alpha value is -4.53. The lowest BCUT2D eigenvalue weighted by Crippen LogP contribution is -2.44. The number of halogens is 1. The monoisotopic (exact) mass is 841 g/mol. The molecule has 0 aliphatic carbocycles. The number of nitriles is 1. The highest BCUT2D eigenvalue weighted by atomic mass is 32.2. The molecule has 2 atom stereocenters. The third kappa shape index (κ3) is 11.6. The van der Waals surface area contributed by atoms with Crippen LogP contribution in [0.3, 0.4) is 0 Å². The van der Waals surface area contributed by atoms with Crippen LogP contribution in [-0.2, 0) is 19.3 Å².